The number of anilines is 1. The number of urea groups is 1. The van der Waals surface area contributed by atoms with Crippen molar-refractivity contribution in [3.05, 3.63) is 65.2 Å². The number of ether oxygens (including phenoxy) is 1. The highest BCUT2D eigenvalue weighted by molar-refractivity contribution is 5.98. The molecular formula is C22H27N3O3. The Labute approximate surface area is 166 Å². The molecule has 3 rings (SSSR count). The van der Waals surface area contributed by atoms with E-state index in [4.69, 9.17) is 4.74 Å². The third-order valence-corrected chi connectivity index (χ3v) is 4.78. The molecule has 2 aromatic carbocycles. The zero-order chi connectivity index (χ0) is 19.9. The van der Waals surface area contributed by atoms with Crippen molar-refractivity contribution in [2.75, 3.05) is 38.3 Å². The van der Waals surface area contributed by atoms with Gasteiger partial charge in [-0.05, 0) is 37.1 Å². The van der Waals surface area contributed by atoms with Crippen molar-refractivity contribution in [2.24, 2.45) is 0 Å². The van der Waals surface area contributed by atoms with E-state index in [1.54, 1.807) is 24.1 Å². The summed E-state index contributed by atoms with van der Waals surface area (Å²) in [6.45, 7) is 4.94. The highest BCUT2D eigenvalue weighted by Crippen LogP contribution is 2.23. The molecule has 1 aliphatic heterocycles. The van der Waals surface area contributed by atoms with Crippen LogP contribution in [0.2, 0.25) is 0 Å². The first kappa shape index (κ1) is 19.9. The summed E-state index contributed by atoms with van der Waals surface area (Å²) in [5, 5.41) is 2.81. The molecule has 1 saturated heterocycles. The van der Waals surface area contributed by atoms with Crippen LogP contribution in [0, 0.1) is 6.92 Å². The SMILES string of the molecule is COCCNC(=O)c1cccc(N2CCCN(Cc3cccc(C)c3)C2=O)c1. The standard InChI is InChI=1S/C22H27N3O3/c1-17-6-3-7-18(14-17)16-24-11-5-12-25(22(24)27)20-9-4-8-19(15-20)21(26)23-10-13-28-2/h3-4,6-9,14-15H,5,10-13,16H2,1-2H3,(H,23,26). The van der Waals surface area contributed by atoms with Crippen molar-refractivity contribution in [1.82, 2.24) is 10.2 Å². The highest BCUT2D eigenvalue weighted by atomic mass is 16.5. The molecule has 0 atom stereocenters. The van der Waals surface area contributed by atoms with Gasteiger partial charge in [-0.1, -0.05) is 35.9 Å². The normalized spacial score (nSPS) is 14.3. The molecule has 0 aromatic heterocycles. The Morgan fingerprint density at radius 1 is 1.14 bits per heavy atom. The second-order valence-electron chi connectivity index (χ2n) is 7.00. The number of nitrogens with zero attached hydrogens (tertiary/aromatic N) is 2. The summed E-state index contributed by atoms with van der Waals surface area (Å²) in [6.07, 6.45) is 0.891. The van der Waals surface area contributed by atoms with E-state index in [1.165, 1.54) is 5.56 Å². The van der Waals surface area contributed by atoms with Crippen LogP contribution in [-0.4, -0.2) is 50.2 Å². The molecule has 6 nitrogen and oxygen atoms in total. The topological polar surface area (TPSA) is 61.9 Å². The first-order valence-electron chi connectivity index (χ1n) is 9.57. The summed E-state index contributed by atoms with van der Waals surface area (Å²) in [7, 11) is 1.59. The van der Waals surface area contributed by atoms with E-state index < -0.39 is 0 Å². The fourth-order valence-electron chi connectivity index (χ4n) is 3.38. The van der Waals surface area contributed by atoms with E-state index in [2.05, 4.69) is 24.4 Å². The molecule has 0 aliphatic carbocycles. The average molecular weight is 381 g/mol. The lowest BCUT2D eigenvalue weighted by molar-refractivity contribution is 0.0937. The quantitative estimate of drug-likeness (QED) is 0.749. The van der Waals surface area contributed by atoms with Crippen LogP contribution >= 0.6 is 0 Å². The maximum absolute atomic E-state index is 13.0. The molecule has 0 spiro atoms. The van der Waals surface area contributed by atoms with Crippen molar-refractivity contribution in [3.63, 3.8) is 0 Å². The van der Waals surface area contributed by atoms with Gasteiger partial charge in [-0.2, -0.15) is 0 Å². The van der Waals surface area contributed by atoms with Gasteiger partial charge in [0.2, 0.25) is 0 Å². The maximum Gasteiger partial charge on any atom is 0.324 e. The molecule has 6 heteroatoms. The van der Waals surface area contributed by atoms with Gasteiger partial charge in [0.05, 0.1) is 6.61 Å². The molecule has 0 radical (unpaired) electrons. The lowest BCUT2D eigenvalue weighted by Crippen LogP contribution is -2.49. The predicted molar refractivity (Wildman–Crippen MR) is 110 cm³/mol. The van der Waals surface area contributed by atoms with Crippen LogP contribution < -0.4 is 10.2 Å². The molecular weight excluding hydrogens is 354 g/mol. The molecule has 0 unspecified atom stereocenters. The van der Waals surface area contributed by atoms with Gasteiger partial charge in [-0.3, -0.25) is 9.69 Å². The van der Waals surface area contributed by atoms with Crippen LogP contribution in [0.1, 0.15) is 27.9 Å². The zero-order valence-electron chi connectivity index (χ0n) is 16.5. The van der Waals surface area contributed by atoms with E-state index in [9.17, 15) is 9.59 Å². The average Bonchev–Trinajstić information content (AvgIpc) is 2.70. The van der Waals surface area contributed by atoms with Crippen LogP contribution in [0.25, 0.3) is 0 Å². The second kappa shape index (κ2) is 9.37. The number of rotatable bonds is 7. The summed E-state index contributed by atoms with van der Waals surface area (Å²) in [5.41, 5.74) is 3.60. The van der Waals surface area contributed by atoms with Crippen LogP contribution in [0.5, 0.6) is 0 Å². The molecule has 1 heterocycles. The molecule has 28 heavy (non-hydrogen) atoms. The molecule has 0 bridgehead atoms. The molecule has 2 aromatic rings. The highest BCUT2D eigenvalue weighted by Gasteiger charge is 2.27. The van der Waals surface area contributed by atoms with Gasteiger partial charge in [0.25, 0.3) is 5.91 Å². The third-order valence-electron chi connectivity index (χ3n) is 4.78. The Hall–Kier alpha value is -2.86. The monoisotopic (exact) mass is 381 g/mol. The number of carbonyl (C=O) groups excluding carboxylic acids is 2. The van der Waals surface area contributed by atoms with Gasteiger partial charge in [-0.25, -0.2) is 4.79 Å². The minimum atomic E-state index is -0.167. The third kappa shape index (κ3) is 4.89. The summed E-state index contributed by atoms with van der Waals surface area (Å²) >= 11 is 0. The fraction of sp³-hybridized carbons (Fsp3) is 0.364. The van der Waals surface area contributed by atoms with Crippen LogP contribution in [0.4, 0.5) is 10.5 Å². The van der Waals surface area contributed by atoms with Crippen LogP contribution in [0.3, 0.4) is 0 Å². The van der Waals surface area contributed by atoms with Gasteiger partial charge >= 0.3 is 6.03 Å². The summed E-state index contributed by atoms with van der Waals surface area (Å²) < 4.78 is 4.96. The number of hydrogen-bond acceptors (Lipinski definition) is 3. The first-order chi connectivity index (χ1) is 13.6. The van der Waals surface area contributed by atoms with Crippen molar-refractivity contribution in [1.29, 1.82) is 0 Å². The molecule has 1 aliphatic rings. The van der Waals surface area contributed by atoms with Gasteiger partial charge < -0.3 is 15.0 Å². The Morgan fingerprint density at radius 2 is 1.96 bits per heavy atom. The molecule has 3 amide bonds. The number of hydrogen-bond donors (Lipinski definition) is 1. The number of nitrogens with one attached hydrogen (secondary N) is 1. The molecule has 1 N–H and O–H groups in total. The van der Waals surface area contributed by atoms with E-state index in [0.717, 1.165) is 24.2 Å². The van der Waals surface area contributed by atoms with Crippen LogP contribution in [0.15, 0.2) is 48.5 Å². The van der Waals surface area contributed by atoms with E-state index in [0.29, 0.717) is 31.8 Å². The lowest BCUT2D eigenvalue weighted by atomic mass is 10.1. The van der Waals surface area contributed by atoms with Crippen LogP contribution in [-0.2, 0) is 11.3 Å². The van der Waals surface area contributed by atoms with Gasteiger partial charge in [-0.15, -0.1) is 0 Å². The summed E-state index contributed by atoms with van der Waals surface area (Å²) in [5.74, 6) is -0.167. The van der Waals surface area contributed by atoms with Crippen molar-refractivity contribution < 1.29 is 14.3 Å². The number of carbonyl (C=O) groups is 2. The van der Waals surface area contributed by atoms with Crippen molar-refractivity contribution in [3.8, 4) is 0 Å². The van der Waals surface area contributed by atoms with Gasteiger partial charge in [0, 0.05) is 44.5 Å². The van der Waals surface area contributed by atoms with E-state index >= 15 is 0 Å². The lowest BCUT2D eigenvalue weighted by Gasteiger charge is -2.36. The maximum atomic E-state index is 13.0. The first-order valence-corrected chi connectivity index (χ1v) is 9.57. The Balaban J connectivity index is 1.71. The minimum absolute atomic E-state index is 0.0234. The Morgan fingerprint density at radius 3 is 2.75 bits per heavy atom. The van der Waals surface area contributed by atoms with Crippen molar-refractivity contribution in [2.45, 2.75) is 19.9 Å². The smallest absolute Gasteiger partial charge is 0.324 e. The predicted octanol–water partition coefficient (Wildman–Crippen LogP) is 3.20. The molecule has 1 fully saturated rings. The number of benzene rings is 2. The largest absolute Gasteiger partial charge is 0.383 e. The molecule has 148 valence electrons. The van der Waals surface area contributed by atoms with Gasteiger partial charge in [0.15, 0.2) is 0 Å². The van der Waals surface area contributed by atoms with E-state index in [1.807, 2.05) is 29.2 Å². The minimum Gasteiger partial charge on any atom is -0.383 e. The summed E-state index contributed by atoms with van der Waals surface area (Å²) in [6, 6.07) is 15.4. The number of methoxy groups -OCH3 is 1. The number of amides is 3. The van der Waals surface area contributed by atoms with Crippen molar-refractivity contribution >= 4 is 17.6 Å². The van der Waals surface area contributed by atoms with E-state index in [-0.39, 0.29) is 11.9 Å². The number of aryl methyl sites for hydroxylation is 1. The Kier molecular flexibility index (Phi) is 6.66. The fourth-order valence-corrected chi connectivity index (χ4v) is 3.38. The zero-order valence-corrected chi connectivity index (χ0v) is 16.5. The Bertz CT molecular complexity index is 837. The summed E-state index contributed by atoms with van der Waals surface area (Å²) in [4.78, 5) is 29.0. The van der Waals surface area contributed by atoms with Gasteiger partial charge in [0.1, 0.15) is 0 Å². The second-order valence-corrected chi connectivity index (χ2v) is 7.00. The molecule has 0 saturated carbocycles.